The zero-order valence-electron chi connectivity index (χ0n) is 1.91. The third kappa shape index (κ3) is 9.04. The molecule has 0 saturated carbocycles. The van der Waals surface area contributed by atoms with Gasteiger partial charge in [0.15, 0.2) is 0 Å². The van der Waals surface area contributed by atoms with Crippen LogP contribution in [0.25, 0.3) is 0 Å². The van der Waals surface area contributed by atoms with Crippen molar-refractivity contribution in [1.82, 2.24) is 0 Å². The maximum atomic E-state index is 5.22. The molecule has 4 heavy (non-hydrogen) atoms. The van der Waals surface area contributed by atoms with Crippen LogP contribution in [-0.2, 0) is 0 Å². The molecule has 1 unspecified atom stereocenters. The zero-order chi connectivity index (χ0) is 3.58. The van der Waals surface area contributed by atoms with Gasteiger partial charge in [-0.05, 0) is 0 Å². The molecule has 0 saturated heterocycles. The molecule has 0 nitrogen and oxygen atoms in total. The van der Waals surface area contributed by atoms with E-state index in [1.807, 2.05) is 0 Å². The molecule has 0 fully saturated rings. The molecule has 4 heteroatoms. The maximum absolute atomic E-state index is 5.22. The van der Waals surface area contributed by atoms with Crippen molar-refractivity contribution in [2.45, 2.75) is 0 Å². The first-order valence-electron chi connectivity index (χ1n) is 0.579. The van der Waals surface area contributed by atoms with E-state index in [1.165, 1.54) is 0 Å². The van der Waals surface area contributed by atoms with Gasteiger partial charge >= 0.3 is 46.3 Å². The van der Waals surface area contributed by atoms with Crippen molar-refractivity contribution in [2.75, 3.05) is 0 Å². The Balaban J connectivity index is 2.32. The number of rotatable bonds is 0. The normalized spacial score (nSPS) is 11.0. The molecule has 24 valence electrons. The molecule has 0 aromatic rings. The van der Waals surface area contributed by atoms with Crippen LogP contribution in [0.1, 0.15) is 0 Å². The second-order valence-electron chi connectivity index (χ2n) is 0.291. The van der Waals surface area contributed by atoms with Gasteiger partial charge in [-0.25, -0.2) is 0 Å². The van der Waals surface area contributed by atoms with Gasteiger partial charge in [0.2, 0.25) is 0 Å². The average Bonchev–Trinajstić information content (AvgIpc) is 0.811. The van der Waals surface area contributed by atoms with Gasteiger partial charge in [-0.2, -0.15) is 0 Å². The Morgan fingerprint density at radius 2 is 2.00 bits per heavy atom. The topological polar surface area (TPSA) is 0 Å². The van der Waals surface area contributed by atoms with Crippen LogP contribution in [0.2, 0.25) is 0 Å². The van der Waals surface area contributed by atoms with E-state index in [-0.39, 0.29) is 0 Å². The summed E-state index contributed by atoms with van der Waals surface area (Å²) in [7, 11) is 0. The van der Waals surface area contributed by atoms with Gasteiger partial charge < -0.3 is 0 Å². The van der Waals surface area contributed by atoms with Crippen LogP contribution in [0.5, 0.6) is 0 Å². The molecule has 0 aliphatic rings. The predicted octanol–water partition coefficient (Wildman–Crippen LogP) is 1.72. The number of halogens is 2. The fourth-order valence-corrected chi connectivity index (χ4v) is 0. The van der Waals surface area contributed by atoms with Gasteiger partial charge in [0.05, 0.1) is 0 Å². The Morgan fingerprint density at radius 1 is 2.00 bits per heavy atom. The first-order chi connectivity index (χ1) is 1.73. The summed E-state index contributed by atoms with van der Waals surface area (Å²) >= 11 is 1.36. The van der Waals surface area contributed by atoms with E-state index in [0.29, 0.717) is 0 Å². The monoisotopic (exact) mass is 298 g/mol. The number of hydrogen-bond acceptors (Lipinski definition) is 0. The second-order valence-corrected chi connectivity index (χ2v) is 17.4. The van der Waals surface area contributed by atoms with Crippen molar-refractivity contribution in [1.29, 1.82) is 0 Å². The molecule has 0 bridgehead atoms. The summed E-state index contributed by atoms with van der Waals surface area (Å²) in [5.74, 6) is 0. The first kappa shape index (κ1) is 5.95. The Hall–Kier alpha value is 1.95. The molecule has 1 atom stereocenters. The Labute approximate surface area is 45.7 Å². The van der Waals surface area contributed by atoms with Gasteiger partial charge in [-0.1, -0.05) is 0 Å². The first-order valence-corrected chi connectivity index (χ1v) is 12.3. The molecule has 0 spiro atoms. The third-order valence-corrected chi connectivity index (χ3v) is 0. The fourth-order valence-electron chi connectivity index (χ4n) is 0. The van der Waals surface area contributed by atoms with E-state index >= 15 is 0 Å². The molecule has 0 rings (SSSR count). The number of hydrogen-bond donors (Lipinski definition) is 0. The van der Waals surface area contributed by atoms with Gasteiger partial charge in [0, 0.05) is 0 Å². The summed E-state index contributed by atoms with van der Waals surface area (Å²) in [4.78, 5) is 0. The van der Waals surface area contributed by atoms with Crippen molar-refractivity contribution in [3.05, 3.63) is 0 Å². The SMILES string of the molecule is [B]I(P)I. The second kappa shape index (κ2) is 3.16. The standard InChI is InChI=1S/BH2I2P/c1-3(2)4/h4H2. The Bertz CT molecular complexity index is 10.8. The summed E-state index contributed by atoms with van der Waals surface area (Å²) in [5, 5.41) is 0. The van der Waals surface area contributed by atoms with Gasteiger partial charge in [0.1, 0.15) is 0 Å². The van der Waals surface area contributed by atoms with Crippen LogP contribution in [0.3, 0.4) is 0 Å². The minimum absolute atomic E-state index is 0.877. The Kier molecular flexibility index (Phi) is 4.70. The predicted molar refractivity (Wildman–Crippen MR) is 43.5 cm³/mol. The molecule has 0 N–H and O–H groups in total. The van der Waals surface area contributed by atoms with Crippen LogP contribution in [0, 0.1) is 0 Å². The van der Waals surface area contributed by atoms with E-state index in [2.05, 4.69) is 25.5 Å². The van der Waals surface area contributed by atoms with Crippen LogP contribution < -0.4 is 0 Å². The summed E-state index contributed by atoms with van der Waals surface area (Å²) in [6.45, 7) is 2.58. The van der Waals surface area contributed by atoms with E-state index in [9.17, 15) is 0 Å². The van der Waals surface area contributed by atoms with Crippen molar-refractivity contribution in [3.8, 4) is 0 Å². The van der Waals surface area contributed by atoms with Gasteiger partial charge in [-0.15, -0.1) is 0 Å². The molecule has 0 aromatic carbocycles. The van der Waals surface area contributed by atoms with Crippen molar-refractivity contribution in [2.24, 2.45) is 0 Å². The molecular weight excluding hydrogens is 296 g/mol. The molecule has 0 aliphatic heterocycles. The van der Waals surface area contributed by atoms with E-state index in [4.69, 9.17) is 5.70 Å². The van der Waals surface area contributed by atoms with E-state index < -0.39 is 15.1 Å². The van der Waals surface area contributed by atoms with Gasteiger partial charge in [-0.3, -0.25) is 0 Å². The third-order valence-electron chi connectivity index (χ3n) is 0. The summed E-state index contributed by atoms with van der Waals surface area (Å²) in [6, 6.07) is 0. The van der Waals surface area contributed by atoms with Crippen LogP contribution >= 0.6 is 40.6 Å². The van der Waals surface area contributed by atoms with Crippen LogP contribution in [0.15, 0.2) is 0 Å². The zero-order valence-corrected chi connectivity index (χ0v) is 7.38. The van der Waals surface area contributed by atoms with Crippen molar-refractivity contribution >= 4 is 46.3 Å². The molecule has 2 radical (unpaired) electrons. The van der Waals surface area contributed by atoms with Crippen LogP contribution in [-0.4, -0.2) is 5.70 Å². The Morgan fingerprint density at radius 3 is 2.00 bits per heavy atom. The molecule has 0 aliphatic carbocycles. The molecular formula is H2BI2P. The van der Waals surface area contributed by atoms with E-state index in [0.717, 1.165) is 0 Å². The fraction of sp³-hybridized carbons (Fsp3) is 0. The van der Waals surface area contributed by atoms with E-state index in [1.54, 1.807) is 0 Å². The van der Waals surface area contributed by atoms with Gasteiger partial charge in [0.25, 0.3) is 0 Å². The summed E-state index contributed by atoms with van der Waals surface area (Å²) in [5.41, 5.74) is 5.22. The summed E-state index contributed by atoms with van der Waals surface area (Å²) < 4.78 is 0. The minimum atomic E-state index is -0.877. The van der Waals surface area contributed by atoms with Crippen molar-refractivity contribution in [3.63, 3.8) is 0 Å². The quantitative estimate of drug-likeness (QED) is 0.363. The summed E-state index contributed by atoms with van der Waals surface area (Å²) in [6.07, 6.45) is 0. The molecule has 0 amide bonds. The molecule has 0 aromatic heterocycles. The average molecular weight is 298 g/mol. The van der Waals surface area contributed by atoms with Crippen LogP contribution in [0.4, 0.5) is 0 Å². The van der Waals surface area contributed by atoms with Crippen molar-refractivity contribution < 1.29 is 0 Å². The molecule has 0 heterocycles.